The van der Waals surface area contributed by atoms with Crippen LogP contribution < -0.4 is 5.32 Å². The van der Waals surface area contributed by atoms with Crippen molar-refractivity contribution in [2.45, 2.75) is 65.4 Å². The molecule has 1 aliphatic carbocycles. The van der Waals surface area contributed by atoms with Gasteiger partial charge in [0.2, 0.25) is 6.29 Å². The molecule has 0 radical (unpaired) electrons. The number of carbonyl (C=O) groups excluding carboxylic acids is 2. The highest BCUT2D eigenvalue weighted by molar-refractivity contribution is 5.91. The van der Waals surface area contributed by atoms with E-state index in [0.717, 1.165) is 12.8 Å². The van der Waals surface area contributed by atoms with Crippen molar-refractivity contribution in [3.05, 3.63) is 11.8 Å². The molecule has 1 aliphatic heterocycles. The Morgan fingerprint density at radius 3 is 2.81 bits per heavy atom. The molecule has 0 amide bonds. The number of cyclic esters (lactones) is 1. The molecule has 6 nitrogen and oxygen atoms in total. The van der Waals surface area contributed by atoms with Gasteiger partial charge in [0.15, 0.2) is 6.61 Å². The first-order valence-corrected chi connectivity index (χ1v) is 9.26. The summed E-state index contributed by atoms with van der Waals surface area (Å²) in [6, 6.07) is -0.709. The molecular formula is C20H29NO5. The predicted molar refractivity (Wildman–Crippen MR) is 96.6 cm³/mol. The zero-order chi connectivity index (χ0) is 19.3. The van der Waals surface area contributed by atoms with E-state index in [1.165, 1.54) is 6.42 Å². The number of rotatable bonds is 7. The molecular weight excluding hydrogens is 334 g/mol. The Kier molecular flexibility index (Phi) is 7.10. The van der Waals surface area contributed by atoms with Gasteiger partial charge in [-0.3, -0.25) is 0 Å². The first-order chi connectivity index (χ1) is 12.3. The lowest BCUT2D eigenvalue weighted by atomic mass is 9.75. The van der Waals surface area contributed by atoms with Crippen molar-refractivity contribution in [3.8, 4) is 12.3 Å². The summed E-state index contributed by atoms with van der Waals surface area (Å²) in [5.41, 5.74) is 0.213. The maximum atomic E-state index is 12.1. The third-order valence-electron chi connectivity index (χ3n) is 5.04. The Bertz CT molecular complexity index is 591. The Balaban J connectivity index is 1.96. The number of terminal acetylenes is 1. The molecule has 5 atom stereocenters. The van der Waals surface area contributed by atoms with Gasteiger partial charge in [-0.1, -0.05) is 33.1 Å². The highest BCUT2D eigenvalue weighted by atomic mass is 16.7. The number of carbonyl (C=O) groups is 2. The fourth-order valence-electron chi connectivity index (χ4n) is 3.55. The van der Waals surface area contributed by atoms with Crippen molar-refractivity contribution >= 4 is 11.9 Å². The van der Waals surface area contributed by atoms with Crippen molar-refractivity contribution in [2.24, 2.45) is 17.8 Å². The molecule has 0 aromatic rings. The SMILES string of the molecule is C#CCOC(=O)C(C)NC1=C[C@@H](OC2CC(C)CCC2C(C)C)OC1=O. The molecule has 0 saturated heterocycles. The van der Waals surface area contributed by atoms with Gasteiger partial charge in [0, 0.05) is 6.08 Å². The van der Waals surface area contributed by atoms with E-state index in [-0.39, 0.29) is 18.4 Å². The van der Waals surface area contributed by atoms with Crippen LogP contribution in [0.3, 0.4) is 0 Å². The van der Waals surface area contributed by atoms with Crippen LogP contribution in [0, 0.1) is 30.1 Å². The van der Waals surface area contributed by atoms with Crippen LogP contribution in [0.2, 0.25) is 0 Å². The second-order valence-electron chi connectivity index (χ2n) is 7.53. The van der Waals surface area contributed by atoms with E-state index in [2.05, 4.69) is 32.0 Å². The second kappa shape index (κ2) is 9.09. The van der Waals surface area contributed by atoms with Crippen molar-refractivity contribution in [1.82, 2.24) is 5.32 Å². The van der Waals surface area contributed by atoms with E-state index in [4.69, 9.17) is 20.6 Å². The molecule has 0 bridgehead atoms. The lowest BCUT2D eigenvalue weighted by molar-refractivity contribution is -0.179. The second-order valence-corrected chi connectivity index (χ2v) is 7.53. The molecule has 0 aromatic carbocycles. The normalized spacial score (nSPS) is 29.5. The van der Waals surface area contributed by atoms with Crippen LogP contribution >= 0.6 is 0 Å². The Labute approximate surface area is 155 Å². The van der Waals surface area contributed by atoms with Gasteiger partial charge in [0.05, 0.1) is 6.10 Å². The molecule has 1 fully saturated rings. The fourth-order valence-corrected chi connectivity index (χ4v) is 3.55. The highest BCUT2D eigenvalue weighted by Gasteiger charge is 2.36. The highest BCUT2D eigenvalue weighted by Crippen LogP contribution is 2.36. The molecule has 26 heavy (non-hydrogen) atoms. The molecule has 1 heterocycles. The van der Waals surface area contributed by atoms with Crippen LogP contribution in [0.15, 0.2) is 11.8 Å². The zero-order valence-corrected chi connectivity index (χ0v) is 16.0. The maximum Gasteiger partial charge on any atom is 0.356 e. The number of ether oxygens (including phenoxy) is 3. The van der Waals surface area contributed by atoms with E-state index < -0.39 is 24.3 Å². The zero-order valence-electron chi connectivity index (χ0n) is 16.0. The van der Waals surface area contributed by atoms with E-state index >= 15 is 0 Å². The summed E-state index contributed by atoms with van der Waals surface area (Å²) in [7, 11) is 0. The van der Waals surface area contributed by atoms with E-state index in [0.29, 0.717) is 17.8 Å². The number of nitrogens with one attached hydrogen (secondary N) is 1. The van der Waals surface area contributed by atoms with Crippen LogP contribution in [0.25, 0.3) is 0 Å². The van der Waals surface area contributed by atoms with Crippen LogP contribution in [0.1, 0.15) is 47.0 Å². The van der Waals surface area contributed by atoms with Gasteiger partial charge in [-0.15, -0.1) is 6.42 Å². The molecule has 0 spiro atoms. The summed E-state index contributed by atoms with van der Waals surface area (Å²) < 4.78 is 16.3. The monoisotopic (exact) mass is 363 g/mol. The molecule has 1 saturated carbocycles. The average molecular weight is 363 g/mol. The lowest BCUT2D eigenvalue weighted by Gasteiger charge is -2.37. The summed E-state index contributed by atoms with van der Waals surface area (Å²) in [6.45, 7) is 8.11. The quantitative estimate of drug-likeness (QED) is 0.553. The third kappa shape index (κ3) is 5.25. The maximum absolute atomic E-state index is 12.1. The average Bonchev–Trinajstić information content (AvgIpc) is 2.91. The van der Waals surface area contributed by atoms with Crippen molar-refractivity contribution < 1.29 is 23.8 Å². The largest absolute Gasteiger partial charge is 0.451 e. The summed E-state index contributed by atoms with van der Waals surface area (Å²) >= 11 is 0. The Hall–Kier alpha value is -2.00. The van der Waals surface area contributed by atoms with E-state index in [1.807, 2.05) is 0 Å². The molecule has 1 N–H and O–H groups in total. The van der Waals surface area contributed by atoms with E-state index in [1.54, 1.807) is 13.0 Å². The molecule has 2 aliphatic rings. The minimum atomic E-state index is -0.726. The topological polar surface area (TPSA) is 73.9 Å². The van der Waals surface area contributed by atoms with Gasteiger partial charge in [-0.05, 0) is 37.5 Å². The predicted octanol–water partition coefficient (Wildman–Crippen LogP) is 2.39. The minimum Gasteiger partial charge on any atom is -0.451 e. The van der Waals surface area contributed by atoms with Crippen molar-refractivity contribution in [2.75, 3.05) is 6.61 Å². The number of hydrogen-bond donors (Lipinski definition) is 1. The van der Waals surface area contributed by atoms with Gasteiger partial charge in [-0.2, -0.15) is 0 Å². The van der Waals surface area contributed by atoms with Gasteiger partial charge in [0.25, 0.3) is 0 Å². The fraction of sp³-hybridized carbons (Fsp3) is 0.700. The molecule has 0 aromatic heterocycles. The van der Waals surface area contributed by atoms with Crippen LogP contribution in [-0.2, 0) is 23.8 Å². The Morgan fingerprint density at radius 2 is 2.15 bits per heavy atom. The smallest absolute Gasteiger partial charge is 0.356 e. The molecule has 144 valence electrons. The van der Waals surface area contributed by atoms with Crippen molar-refractivity contribution in [3.63, 3.8) is 0 Å². The molecule has 2 rings (SSSR count). The van der Waals surface area contributed by atoms with Gasteiger partial charge >= 0.3 is 11.9 Å². The summed E-state index contributed by atoms with van der Waals surface area (Å²) in [4.78, 5) is 23.8. The molecule has 4 unspecified atom stereocenters. The standard InChI is InChI=1S/C20H29NO5/c1-6-9-24-19(22)14(5)21-16-11-18(26-20(16)23)25-17-10-13(4)7-8-15(17)12(2)3/h1,11-15,17-18,21H,7-10H2,2-5H3/t13?,14?,15?,17?,18-/m0/s1. The number of hydrogen-bond acceptors (Lipinski definition) is 6. The first-order valence-electron chi connectivity index (χ1n) is 9.26. The van der Waals surface area contributed by atoms with Crippen LogP contribution in [-0.4, -0.2) is 37.0 Å². The minimum absolute atomic E-state index is 0.0603. The Morgan fingerprint density at radius 1 is 1.42 bits per heavy atom. The van der Waals surface area contributed by atoms with Gasteiger partial charge in [0.1, 0.15) is 11.7 Å². The van der Waals surface area contributed by atoms with Crippen molar-refractivity contribution in [1.29, 1.82) is 0 Å². The first kappa shape index (κ1) is 20.3. The summed E-state index contributed by atoms with van der Waals surface area (Å²) in [5, 5.41) is 2.81. The summed E-state index contributed by atoms with van der Waals surface area (Å²) in [5.74, 6) is 2.73. The van der Waals surface area contributed by atoms with Gasteiger partial charge in [-0.25, -0.2) is 9.59 Å². The van der Waals surface area contributed by atoms with E-state index in [9.17, 15) is 9.59 Å². The third-order valence-corrected chi connectivity index (χ3v) is 5.04. The van der Waals surface area contributed by atoms with Gasteiger partial charge < -0.3 is 19.5 Å². The van der Waals surface area contributed by atoms with Crippen LogP contribution in [0.4, 0.5) is 0 Å². The lowest BCUT2D eigenvalue weighted by Crippen LogP contribution is -2.37. The summed E-state index contributed by atoms with van der Waals surface area (Å²) in [6.07, 6.45) is 9.27. The number of esters is 2. The van der Waals surface area contributed by atoms with Crippen LogP contribution in [0.5, 0.6) is 0 Å². The molecule has 6 heteroatoms.